The lowest BCUT2D eigenvalue weighted by Crippen LogP contribution is -2.38. The number of halogens is 1. The van der Waals surface area contributed by atoms with E-state index in [4.69, 9.17) is 4.98 Å². The van der Waals surface area contributed by atoms with Crippen molar-refractivity contribution in [2.75, 3.05) is 6.54 Å². The van der Waals surface area contributed by atoms with Crippen molar-refractivity contribution in [3.05, 3.63) is 77.2 Å². The van der Waals surface area contributed by atoms with Crippen LogP contribution in [0.1, 0.15) is 16.2 Å². The molecule has 8 heteroatoms. The number of aromatic nitrogens is 4. The molecule has 0 saturated carbocycles. The number of hydrogen-bond donors (Lipinski definition) is 0. The minimum atomic E-state index is -0.358. The van der Waals surface area contributed by atoms with Gasteiger partial charge in [-0.1, -0.05) is 30.3 Å². The van der Waals surface area contributed by atoms with E-state index in [0.29, 0.717) is 25.2 Å². The van der Waals surface area contributed by atoms with Crippen LogP contribution in [0.25, 0.3) is 22.1 Å². The molecule has 3 heterocycles. The molecule has 1 aliphatic heterocycles. The van der Waals surface area contributed by atoms with E-state index in [2.05, 4.69) is 10.2 Å². The van der Waals surface area contributed by atoms with E-state index in [-0.39, 0.29) is 11.7 Å². The Hall–Kier alpha value is -3.39. The lowest BCUT2D eigenvalue weighted by Gasteiger charge is -2.27. The van der Waals surface area contributed by atoms with Crippen LogP contribution < -0.4 is 0 Å². The molecule has 1 aliphatic rings. The van der Waals surface area contributed by atoms with Crippen molar-refractivity contribution in [2.45, 2.75) is 13.1 Å². The summed E-state index contributed by atoms with van der Waals surface area (Å²) >= 11 is 1.53. The van der Waals surface area contributed by atoms with E-state index in [1.807, 2.05) is 40.3 Å². The molecule has 6 nitrogen and oxygen atoms in total. The Morgan fingerprint density at radius 1 is 1.00 bits per heavy atom. The highest BCUT2D eigenvalue weighted by Crippen LogP contribution is 2.29. The fourth-order valence-electron chi connectivity index (χ4n) is 3.38. The SMILES string of the molecule is O=C(c1ccc(F)cc1)N1CCn2c(nnc2-c2nc(-c3ccccc3)cs2)C1. The molecule has 29 heavy (non-hydrogen) atoms. The molecule has 0 fully saturated rings. The third-order valence-electron chi connectivity index (χ3n) is 4.90. The number of rotatable bonds is 3. The summed E-state index contributed by atoms with van der Waals surface area (Å²) < 4.78 is 15.1. The van der Waals surface area contributed by atoms with Crippen LogP contribution >= 0.6 is 11.3 Å². The molecule has 0 radical (unpaired) electrons. The summed E-state index contributed by atoms with van der Waals surface area (Å²) in [6.07, 6.45) is 0. The van der Waals surface area contributed by atoms with Crippen molar-refractivity contribution in [1.82, 2.24) is 24.6 Å². The van der Waals surface area contributed by atoms with Crippen molar-refractivity contribution < 1.29 is 9.18 Å². The van der Waals surface area contributed by atoms with Gasteiger partial charge in [-0.15, -0.1) is 21.5 Å². The Kier molecular flexibility index (Phi) is 4.40. The van der Waals surface area contributed by atoms with Gasteiger partial charge in [0.15, 0.2) is 16.7 Å². The predicted molar refractivity (Wildman–Crippen MR) is 108 cm³/mol. The molecule has 5 rings (SSSR count). The maximum Gasteiger partial charge on any atom is 0.254 e. The van der Waals surface area contributed by atoms with Gasteiger partial charge in [0.2, 0.25) is 0 Å². The van der Waals surface area contributed by atoms with Gasteiger partial charge in [0.25, 0.3) is 5.91 Å². The summed E-state index contributed by atoms with van der Waals surface area (Å²) in [5.74, 6) is 0.948. The fourth-order valence-corrected chi connectivity index (χ4v) is 4.20. The second kappa shape index (κ2) is 7.21. The fraction of sp³-hybridized carbons (Fsp3) is 0.143. The Morgan fingerprint density at radius 3 is 2.59 bits per heavy atom. The van der Waals surface area contributed by atoms with Crippen molar-refractivity contribution >= 4 is 17.2 Å². The average molecular weight is 405 g/mol. The third kappa shape index (κ3) is 3.31. The normalized spacial score (nSPS) is 13.3. The van der Waals surface area contributed by atoms with Crippen LogP contribution in [0.3, 0.4) is 0 Å². The van der Waals surface area contributed by atoms with E-state index in [1.165, 1.54) is 35.6 Å². The summed E-state index contributed by atoms with van der Waals surface area (Å²) in [6, 6.07) is 15.6. The minimum Gasteiger partial charge on any atom is -0.329 e. The first kappa shape index (κ1) is 17.7. The molecule has 0 spiro atoms. The third-order valence-corrected chi connectivity index (χ3v) is 5.73. The monoisotopic (exact) mass is 405 g/mol. The molecular weight excluding hydrogens is 389 g/mol. The molecule has 0 aliphatic carbocycles. The van der Waals surface area contributed by atoms with Crippen LogP contribution in [-0.4, -0.2) is 37.1 Å². The van der Waals surface area contributed by atoms with Crippen LogP contribution in [0, 0.1) is 5.82 Å². The highest BCUT2D eigenvalue weighted by atomic mass is 32.1. The van der Waals surface area contributed by atoms with Gasteiger partial charge in [0, 0.05) is 29.6 Å². The van der Waals surface area contributed by atoms with Gasteiger partial charge in [0.05, 0.1) is 12.2 Å². The van der Waals surface area contributed by atoms with E-state index in [9.17, 15) is 9.18 Å². The molecule has 0 bridgehead atoms. The first-order chi connectivity index (χ1) is 14.2. The van der Waals surface area contributed by atoms with Crippen molar-refractivity contribution in [3.63, 3.8) is 0 Å². The number of benzene rings is 2. The maximum atomic E-state index is 13.1. The molecule has 144 valence electrons. The highest BCUT2D eigenvalue weighted by Gasteiger charge is 2.26. The van der Waals surface area contributed by atoms with Crippen molar-refractivity contribution in [3.8, 4) is 22.1 Å². The summed E-state index contributed by atoms with van der Waals surface area (Å²) in [7, 11) is 0. The molecule has 0 atom stereocenters. The number of carbonyl (C=O) groups excluding carboxylic acids is 1. The average Bonchev–Trinajstić information content (AvgIpc) is 3.41. The quantitative estimate of drug-likeness (QED) is 0.519. The second-order valence-corrected chi connectivity index (χ2v) is 7.59. The smallest absolute Gasteiger partial charge is 0.254 e. The zero-order valence-electron chi connectivity index (χ0n) is 15.3. The largest absolute Gasteiger partial charge is 0.329 e. The molecule has 0 unspecified atom stereocenters. The van der Waals surface area contributed by atoms with Crippen LogP contribution in [-0.2, 0) is 13.1 Å². The molecule has 2 aromatic carbocycles. The van der Waals surface area contributed by atoms with E-state index >= 15 is 0 Å². The lowest BCUT2D eigenvalue weighted by molar-refractivity contribution is 0.0708. The van der Waals surface area contributed by atoms with E-state index in [1.54, 1.807) is 4.90 Å². The molecule has 2 aromatic heterocycles. The highest BCUT2D eigenvalue weighted by molar-refractivity contribution is 7.13. The summed E-state index contributed by atoms with van der Waals surface area (Å²) in [5.41, 5.74) is 2.43. The molecular formula is C21H16FN5OS. The van der Waals surface area contributed by atoms with Crippen LogP contribution in [0.2, 0.25) is 0 Å². The number of fused-ring (bicyclic) bond motifs is 1. The Balaban J connectivity index is 1.38. The van der Waals surface area contributed by atoms with Gasteiger partial charge in [-0.25, -0.2) is 9.37 Å². The van der Waals surface area contributed by atoms with Crippen LogP contribution in [0.15, 0.2) is 60.0 Å². The number of hydrogen-bond acceptors (Lipinski definition) is 5. The molecule has 4 aromatic rings. The summed E-state index contributed by atoms with van der Waals surface area (Å²) in [5, 5.41) is 11.4. The summed E-state index contributed by atoms with van der Waals surface area (Å²) in [6.45, 7) is 1.48. The van der Waals surface area contributed by atoms with Crippen LogP contribution in [0.4, 0.5) is 4.39 Å². The van der Waals surface area contributed by atoms with Gasteiger partial charge >= 0.3 is 0 Å². The minimum absolute atomic E-state index is 0.138. The first-order valence-electron chi connectivity index (χ1n) is 9.17. The number of nitrogens with zero attached hydrogens (tertiary/aromatic N) is 5. The maximum absolute atomic E-state index is 13.1. The van der Waals surface area contributed by atoms with E-state index in [0.717, 1.165) is 27.9 Å². The number of carbonyl (C=O) groups is 1. The van der Waals surface area contributed by atoms with Gasteiger partial charge < -0.3 is 9.47 Å². The van der Waals surface area contributed by atoms with Crippen molar-refractivity contribution in [1.29, 1.82) is 0 Å². The Labute approximate surface area is 170 Å². The van der Waals surface area contributed by atoms with E-state index < -0.39 is 0 Å². The molecule has 0 N–H and O–H groups in total. The summed E-state index contributed by atoms with van der Waals surface area (Å²) in [4.78, 5) is 19.1. The topological polar surface area (TPSA) is 63.9 Å². The van der Waals surface area contributed by atoms with Gasteiger partial charge in [-0.3, -0.25) is 4.79 Å². The number of amides is 1. The van der Waals surface area contributed by atoms with Gasteiger partial charge in [-0.05, 0) is 24.3 Å². The van der Waals surface area contributed by atoms with Crippen LogP contribution in [0.5, 0.6) is 0 Å². The second-order valence-electron chi connectivity index (χ2n) is 6.73. The first-order valence-corrected chi connectivity index (χ1v) is 10.1. The van der Waals surface area contributed by atoms with Crippen molar-refractivity contribution in [2.24, 2.45) is 0 Å². The zero-order chi connectivity index (χ0) is 19.8. The molecule has 0 saturated heterocycles. The number of thiazole rings is 1. The Bertz CT molecular complexity index is 1170. The standard InChI is InChI=1S/C21H16FN5OS/c22-16-8-6-15(7-9-16)21(28)26-10-11-27-18(12-26)24-25-19(27)20-23-17(13-29-20)14-4-2-1-3-5-14/h1-9,13H,10-12H2. The lowest BCUT2D eigenvalue weighted by atomic mass is 10.2. The zero-order valence-corrected chi connectivity index (χ0v) is 16.1. The Morgan fingerprint density at radius 2 is 1.79 bits per heavy atom. The van der Waals surface area contributed by atoms with Gasteiger partial charge in [0.1, 0.15) is 5.82 Å². The predicted octanol–water partition coefficient (Wildman–Crippen LogP) is 3.86. The van der Waals surface area contributed by atoms with Gasteiger partial charge in [-0.2, -0.15) is 0 Å². The molecule has 1 amide bonds.